The summed E-state index contributed by atoms with van der Waals surface area (Å²) in [5.74, 6) is 1.05. The highest BCUT2D eigenvalue weighted by Gasteiger charge is 2.34. The maximum Gasteiger partial charge on any atom is 0.166 e. The molecule has 0 saturated heterocycles. The van der Waals surface area contributed by atoms with Crippen molar-refractivity contribution in [2.75, 3.05) is 11.9 Å². The Labute approximate surface area is 137 Å². The van der Waals surface area contributed by atoms with Crippen LogP contribution in [0.2, 0.25) is 0 Å². The summed E-state index contributed by atoms with van der Waals surface area (Å²) < 4.78 is 2.14. The summed E-state index contributed by atoms with van der Waals surface area (Å²) >= 11 is 1.73. The van der Waals surface area contributed by atoms with Gasteiger partial charge in [0.15, 0.2) is 11.5 Å². The molecular formula is C16H17N5OS. The predicted octanol–water partition coefficient (Wildman–Crippen LogP) is 2.53. The van der Waals surface area contributed by atoms with Gasteiger partial charge in [0.25, 0.3) is 0 Å². The molecule has 0 amide bonds. The number of thiophene rings is 1. The van der Waals surface area contributed by atoms with Crippen molar-refractivity contribution in [2.45, 2.75) is 37.3 Å². The van der Waals surface area contributed by atoms with Crippen molar-refractivity contribution < 1.29 is 5.11 Å². The summed E-state index contributed by atoms with van der Waals surface area (Å²) in [6.07, 6.45) is 6.78. The van der Waals surface area contributed by atoms with E-state index in [1.54, 1.807) is 17.7 Å². The number of aliphatic hydroxyl groups excluding tert-OH is 1. The van der Waals surface area contributed by atoms with Crippen LogP contribution < -0.4 is 5.32 Å². The highest BCUT2D eigenvalue weighted by molar-refractivity contribution is 7.10. The molecule has 0 radical (unpaired) electrons. The average molecular weight is 327 g/mol. The minimum Gasteiger partial charge on any atom is -0.396 e. The van der Waals surface area contributed by atoms with Crippen LogP contribution in [0.1, 0.15) is 41.7 Å². The molecule has 7 heteroatoms. The number of hydrogen-bond acceptors (Lipinski definition) is 6. The van der Waals surface area contributed by atoms with E-state index in [9.17, 15) is 5.11 Å². The monoisotopic (exact) mass is 327 g/mol. The first-order valence-corrected chi connectivity index (χ1v) is 8.85. The largest absolute Gasteiger partial charge is 0.396 e. The highest BCUT2D eigenvalue weighted by Crippen LogP contribution is 2.46. The van der Waals surface area contributed by atoms with Gasteiger partial charge in [-0.3, -0.25) is 0 Å². The van der Waals surface area contributed by atoms with E-state index in [1.807, 2.05) is 6.33 Å². The zero-order valence-electron chi connectivity index (χ0n) is 12.5. The molecule has 2 atom stereocenters. The summed E-state index contributed by atoms with van der Waals surface area (Å²) in [6, 6.07) is 2.89. The zero-order chi connectivity index (χ0) is 15.4. The summed E-state index contributed by atoms with van der Waals surface area (Å²) in [5.41, 5.74) is 3.00. The van der Waals surface area contributed by atoms with E-state index in [-0.39, 0.29) is 18.6 Å². The van der Waals surface area contributed by atoms with Crippen molar-refractivity contribution >= 4 is 28.3 Å². The van der Waals surface area contributed by atoms with Crippen molar-refractivity contribution in [1.82, 2.24) is 19.5 Å². The molecule has 2 aliphatic rings. The molecule has 0 spiro atoms. The van der Waals surface area contributed by atoms with E-state index in [2.05, 4.69) is 36.3 Å². The lowest BCUT2D eigenvalue weighted by molar-refractivity contribution is 0.260. The van der Waals surface area contributed by atoms with E-state index >= 15 is 0 Å². The zero-order valence-corrected chi connectivity index (χ0v) is 13.3. The molecule has 118 valence electrons. The van der Waals surface area contributed by atoms with Gasteiger partial charge in [0.2, 0.25) is 0 Å². The second kappa shape index (κ2) is 5.01. The Bertz CT molecular complexity index is 868. The first-order valence-electron chi connectivity index (χ1n) is 7.97. The van der Waals surface area contributed by atoms with Crippen LogP contribution in [0.15, 0.2) is 24.1 Å². The number of aliphatic hydroxyl groups is 1. The van der Waals surface area contributed by atoms with Crippen molar-refractivity contribution in [3.05, 3.63) is 34.5 Å². The Balaban J connectivity index is 1.59. The maximum atomic E-state index is 9.66. The van der Waals surface area contributed by atoms with Gasteiger partial charge in [-0.1, -0.05) is 0 Å². The van der Waals surface area contributed by atoms with Crippen molar-refractivity contribution in [1.29, 1.82) is 0 Å². The third-order valence-electron chi connectivity index (χ3n) is 4.80. The van der Waals surface area contributed by atoms with Crippen LogP contribution in [-0.2, 0) is 0 Å². The fourth-order valence-corrected chi connectivity index (χ4v) is 4.53. The molecule has 0 bridgehead atoms. The molecule has 3 heterocycles. The van der Waals surface area contributed by atoms with E-state index in [0.717, 1.165) is 23.4 Å². The Kier molecular flexibility index (Phi) is 2.93. The molecule has 3 aromatic rings. The predicted molar refractivity (Wildman–Crippen MR) is 88.9 cm³/mol. The number of nitrogens with one attached hydrogen (secondary N) is 1. The Morgan fingerprint density at radius 1 is 1.30 bits per heavy atom. The highest BCUT2D eigenvalue weighted by atomic mass is 32.1. The molecular weight excluding hydrogens is 310 g/mol. The fourth-order valence-electron chi connectivity index (χ4n) is 3.47. The summed E-state index contributed by atoms with van der Waals surface area (Å²) in [7, 11) is 0. The maximum absolute atomic E-state index is 9.66. The van der Waals surface area contributed by atoms with Gasteiger partial charge in [-0.05, 0) is 36.3 Å². The van der Waals surface area contributed by atoms with Crippen molar-refractivity contribution in [3.63, 3.8) is 0 Å². The van der Waals surface area contributed by atoms with Gasteiger partial charge in [-0.15, -0.1) is 11.3 Å². The molecule has 1 fully saturated rings. The third kappa shape index (κ3) is 2.07. The SMILES string of the molecule is OC[C@H]1C[C@@H](n2cnc3c(NC4CC4)ncnc32)c2ccsc21. The van der Waals surface area contributed by atoms with Crippen molar-refractivity contribution in [2.24, 2.45) is 0 Å². The fraction of sp³-hybridized carbons (Fsp3) is 0.438. The first-order chi connectivity index (χ1) is 11.3. The number of rotatable bonds is 4. The van der Waals surface area contributed by atoms with Crippen LogP contribution in [0.5, 0.6) is 0 Å². The van der Waals surface area contributed by atoms with Gasteiger partial charge >= 0.3 is 0 Å². The quantitative estimate of drug-likeness (QED) is 0.770. The molecule has 2 aliphatic carbocycles. The third-order valence-corrected chi connectivity index (χ3v) is 5.89. The lowest BCUT2D eigenvalue weighted by Gasteiger charge is -2.14. The molecule has 0 aromatic carbocycles. The second-order valence-electron chi connectivity index (χ2n) is 6.34. The second-order valence-corrected chi connectivity index (χ2v) is 7.28. The molecule has 6 nitrogen and oxygen atoms in total. The van der Waals surface area contributed by atoms with Gasteiger partial charge in [-0.2, -0.15) is 0 Å². The van der Waals surface area contributed by atoms with Crippen molar-refractivity contribution in [3.8, 4) is 0 Å². The molecule has 2 N–H and O–H groups in total. The molecule has 1 saturated carbocycles. The molecule has 5 rings (SSSR count). The summed E-state index contributed by atoms with van der Waals surface area (Å²) in [5, 5.41) is 15.2. The van der Waals surface area contributed by atoms with Crippen LogP contribution >= 0.6 is 11.3 Å². The standard InChI is InChI=1S/C16H17N5OS/c22-6-9-5-12(11-3-4-23-14(9)11)21-8-19-13-15(20-10-1-2-10)17-7-18-16(13)21/h3-4,7-10,12,22H,1-2,5-6H2,(H,17,18,20)/t9-,12-/m1/s1. The van der Waals surface area contributed by atoms with Crippen LogP contribution in [0.25, 0.3) is 11.2 Å². The van der Waals surface area contributed by atoms with Crippen LogP contribution in [0, 0.1) is 0 Å². The van der Waals surface area contributed by atoms with Gasteiger partial charge in [0.05, 0.1) is 19.0 Å². The first kappa shape index (κ1) is 13.4. The number of hydrogen-bond donors (Lipinski definition) is 2. The van der Waals surface area contributed by atoms with Gasteiger partial charge in [0, 0.05) is 16.8 Å². The molecule has 0 aliphatic heterocycles. The van der Waals surface area contributed by atoms with Gasteiger partial charge < -0.3 is 15.0 Å². The number of nitrogens with zero attached hydrogens (tertiary/aromatic N) is 4. The van der Waals surface area contributed by atoms with Crippen LogP contribution in [0.3, 0.4) is 0 Å². The lowest BCUT2D eigenvalue weighted by Crippen LogP contribution is -2.09. The van der Waals surface area contributed by atoms with E-state index in [4.69, 9.17) is 0 Å². The molecule has 3 aromatic heterocycles. The van der Waals surface area contributed by atoms with Gasteiger partial charge in [0.1, 0.15) is 11.8 Å². The summed E-state index contributed by atoms with van der Waals surface area (Å²) in [4.78, 5) is 14.7. The number of fused-ring (bicyclic) bond motifs is 2. The lowest BCUT2D eigenvalue weighted by atomic mass is 10.1. The molecule has 0 unspecified atom stereocenters. The number of aromatic nitrogens is 4. The normalized spacial score (nSPS) is 23.3. The van der Waals surface area contributed by atoms with E-state index < -0.39 is 0 Å². The summed E-state index contributed by atoms with van der Waals surface area (Å²) in [6.45, 7) is 0.195. The Morgan fingerprint density at radius 2 is 2.22 bits per heavy atom. The Morgan fingerprint density at radius 3 is 3.04 bits per heavy atom. The van der Waals surface area contributed by atoms with E-state index in [0.29, 0.717) is 6.04 Å². The molecule has 23 heavy (non-hydrogen) atoms. The van der Waals surface area contributed by atoms with Gasteiger partial charge in [-0.25, -0.2) is 15.0 Å². The topological polar surface area (TPSA) is 75.9 Å². The minimum absolute atomic E-state index is 0.195. The number of anilines is 1. The minimum atomic E-state index is 0.195. The Hall–Kier alpha value is -1.99. The average Bonchev–Trinajstić information content (AvgIpc) is 3.00. The van der Waals surface area contributed by atoms with Crippen LogP contribution in [-0.4, -0.2) is 37.3 Å². The number of imidazole rings is 1. The van der Waals surface area contributed by atoms with Crippen LogP contribution in [0.4, 0.5) is 5.82 Å². The van der Waals surface area contributed by atoms with E-state index in [1.165, 1.54) is 23.3 Å². The smallest absolute Gasteiger partial charge is 0.166 e.